The van der Waals surface area contributed by atoms with E-state index >= 15 is 0 Å². The first-order valence-electron chi connectivity index (χ1n) is 19.7. The van der Waals surface area contributed by atoms with Crippen LogP contribution in [0.4, 0.5) is 18.0 Å². The van der Waals surface area contributed by atoms with E-state index in [1.807, 2.05) is 48.5 Å². The van der Waals surface area contributed by atoms with Crippen LogP contribution in [0.2, 0.25) is 0 Å². The van der Waals surface area contributed by atoms with E-state index < -0.39 is 59.4 Å². The van der Waals surface area contributed by atoms with Crippen molar-refractivity contribution in [1.82, 2.24) is 15.2 Å². The fraction of sp³-hybridized carbons (Fsp3) is 0.356. The zero-order valence-electron chi connectivity index (χ0n) is 32.4. The molecule has 3 N–H and O–H groups in total. The number of aryl methyl sites for hydroxylation is 1. The number of rotatable bonds is 19. The second kappa shape index (κ2) is 20.2. The molecule has 0 unspecified atom stereocenters. The van der Waals surface area contributed by atoms with Crippen LogP contribution >= 0.6 is 0 Å². The number of oxazole rings is 1. The van der Waals surface area contributed by atoms with Gasteiger partial charge in [-0.1, -0.05) is 91.3 Å². The van der Waals surface area contributed by atoms with E-state index in [4.69, 9.17) is 19.6 Å². The second-order valence-electron chi connectivity index (χ2n) is 14.7. The normalized spacial score (nSPS) is 16.4. The van der Waals surface area contributed by atoms with Crippen molar-refractivity contribution >= 4 is 34.7 Å². The number of amides is 2. The number of likely N-dealkylation sites (tertiary alicyclic amines) is 1. The Labute approximate surface area is 340 Å². The number of Topliss-reactive ketones (excluding diaryl/α,β-unsaturated/α-hetero) is 2. The van der Waals surface area contributed by atoms with Crippen molar-refractivity contribution in [3.63, 3.8) is 0 Å². The van der Waals surface area contributed by atoms with Gasteiger partial charge in [0.1, 0.15) is 18.2 Å². The van der Waals surface area contributed by atoms with Crippen LogP contribution in [0, 0.1) is 5.92 Å². The van der Waals surface area contributed by atoms with Crippen LogP contribution < -0.4 is 11.1 Å². The summed E-state index contributed by atoms with van der Waals surface area (Å²) < 4.78 is 57.0. The minimum atomic E-state index is -4.50. The van der Waals surface area contributed by atoms with Crippen molar-refractivity contribution in [2.45, 2.75) is 82.5 Å². The molecule has 1 fully saturated rings. The van der Waals surface area contributed by atoms with Crippen molar-refractivity contribution in [3.8, 4) is 0 Å². The van der Waals surface area contributed by atoms with Crippen LogP contribution in [0.25, 0.3) is 11.1 Å². The molecule has 1 aliphatic heterocycles. The average Bonchev–Trinajstić information content (AvgIpc) is 3.89. The smallest absolute Gasteiger partial charge is 0.416 e. The Bertz CT molecular complexity index is 2130. The van der Waals surface area contributed by atoms with E-state index in [2.05, 4.69) is 10.3 Å². The minimum Gasteiger partial charge on any atom is -0.445 e. The molecule has 6 rings (SSSR count). The third kappa shape index (κ3) is 11.9. The van der Waals surface area contributed by atoms with E-state index in [1.165, 1.54) is 17.0 Å². The lowest BCUT2D eigenvalue weighted by atomic mass is 9.89. The molecule has 0 bridgehead atoms. The van der Waals surface area contributed by atoms with E-state index in [-0.39, 0.29) is 44.9 Å². The Morgan fingerprint density at radius 3 is 2.17 bits per heavy atom. The number of aromatic nitrogens is 1. The fourth-order valence-corrected chi connectivity index (χ4v) is 7.18. The first-order chi connectivity index (χ1) is 28.5. The van der Waals surface area contributed by atoms with E-state index in [0.717, 1.165) is 23.3 Å². The van der Waals surface area contributed by atoms with Crippen LogP contribution in [0.3, 0.4) is 0 Å². The van der Waals surface area contributed by atoms with Crippen molar-refractivity contribution in [3.05, 3.63) is 137 Å². The molecular formula is C45H47F3N4O7. The molecule has 4 atom stereocenters. The molecule has 2 heterocycles. The average molecular weight is 813 g/mol. The van der Waals surface area contributed by atoms with Crippen molar-refractivity contribution in [1.29, 1.82) is 0 Å². The molecule has 1 aromatic heterocycles. The summed E-state index contributed by atoms with van der Waals surface area (Å²) in [4.78, 5) is 62.0. The number of nitrogens with one attached hydrogen (secondary N) is 1. The van der Waals surface area contributed by atoms with Gasteiger partial charge in [-0.15, -0.1) is 0 Å². The maximum atomic E-state index is 14.6. The summed E-state index contributed by atoms with van der Waals surface area (Å²) in [5, 5.41) is 2.73. The third-order valence-corrected chi connectivity index (χ3v) is 10.4. The molecule has 14 heteroatoms. The fourth-order valence-electron chi connectivity index (χ4n) is 7.18. The molecule has 11 nitrogen and oxygen atoms in total. The number of hydrogen-bond acceptors (Lipinski definition) is 9. The number of alkyl carbamates (subject to hydrolysis) is 1. The maximum Gasteiger partial charge on any atom is 0.416 e. The number of ether oxygens (including phenoxy) is 2. The molecule has 1 aliphatic rings. The molecule has 1 saturated heterocycles. The predicted octanol–water partition coefficient (Wildman–Crippen LogP) is 7.85. The second-order valence-corrected chi connectivity index (χ2v) is 14.7. The summed E-state index contributed by atoms with van der Waals surface area (Å²) in [6.45, 7) is 0.239. The lowest BCUT2D eigenvalue weighted by Gasteiger charge is -2.29. The van der Waals surface area contributed by atoms with Gasteiger partial charge in [0.25, 0.3) is 5.89 Å². The van der Waals surface area contributed by atoms with Crippen molar-refractivity contribution in [2.75, 3.05) is 13.1 Å². The number of carbonyl (C=O) groups excluding carboxylic acids is 4. The molecule has 0 spiro atoms. The van der Waals surface area contributed by atoms with Gasteiger partial charge in [0.2, 0.25) is 11.7 Å². The number of carbonyl (C=O) groups is 4. The predicted molar refractivity (Wildman–Crippen MR) is 213 cm³/mol. The van der Waals surface area contributed by atoms with Gasteiger partial charge >= 0.3 is 12.3 Å². The molecule has 59 heavy (non-hydrogen) atoms. The number of benzene rings is 4. The third-order valence-electron chi connectivity index (χ3n) is 10.4. The lowest BCUT2D eigenvalue weighted by molar-refractivity contribution is -0.139. The van der Waals surface area contributed by atoms with Crippen LogP contribution in [0.5, 0.6) is 0 Å². The van der Waals surface area contributed by atoms with Gasteiger partial charge < -0.3 is 29.8 Å². The number of ketones is 2. The first kappa shape index (κ1) is 42.7. The number of nitrogens with two attached hydrogens (primary N) is 1. The molecular weight excluding hydrogens is 766 g/mol. The summed E-state index contributed by atoms with van der Waals surface area (Å²) in [5.74, 6) is -2.32. The van der Waals surface area contributed by atoms with Crippen LogP contribution in [-0.2, 0) is 44.9 Å². The zero-order valence-corrected chi connectivity index (χ0v) is 32.4. The van der Waals surface area contributed by atoms with Gasteiger partial charge in [-0.25, -0.2) is 9.78 Å². The van der Waals surface area contributed by atoms with Crippen LogP contribution in [0.1, 0.15) is 71.5 Å². The monoisotopic (exact) mass is 812 g/mol. The number of unbranched alkanes of at least 4 members (excludes halogenated alkanes) is 1. The Morgan fingerprint density at radius 2 is 1.49 bits per heavy atom. The largest absolute Gasteiger partial charge is 0.445 e. The summed E-state index contributed by atoms with van der Waals surface area (Å²) in [6, 6.07) is 27.8. The Kier molecular flexibility index (Phi) is 14.6. The van der Waals surface area contributed by atoms with Gasteiger partial charge in [-0.05, 0) is 73.2 Å². The number of halogens is 3. The quantitative estimate of drug-likeness (QED) is 0.0627. The minimum absolute atomic E-state index is 0.0311. The molecule has 4 aromatic carbocycles. The van der Waals surface area contributed by atoms with E-state index in [0.29, 0.717) is 48.9 Å². The van der Waals surface area contributed by atoms with Gasteiger partial charge in [0, 0.05) is 25.3 Å². The van der Waals surface area contributed by atoms with Gasteiger partial charge in [0.05, 0.1) is 24.3 Å². The molecule has 2 amide bonds. The molecule has 0 aliphatic carbocycles. The number of para-hydroxylation sites is 2. The molecule has 0 radical (unpaired) electrons. The Hall–Kier alpha value is -5.86. The molecule has 310 valence electrons. The first-order valence-corrected chi connectivity index (χ1v) is 19.7. The summed E-state index contributed by atoms with van der Waals surface area (Å²) in [7, 11) is 0. The van der Waals surface area contributed by atoms with Crippen molar-refractivity contribution < 1.29 is 46.2 Å². The number of nitrogens with zero attached hydrogens (tertiary/aromatic N) is 2. The van der Waals surface area contributed by atoms with Crippen LogP contribution in [-0.4, -0.2) is 64.7 Å². The van der Waals surface area contributed by atoms with Gasteiger partial charge in [-0.3, -0.25) is 14.4 Å². The highest BCUT2D eigenvalue weighted by molar-refractivity contribution is 6.00. The number of alkyl halides is 3. The van der Waals surface area contributed by atoms with Gasteiger partial charge in [0.15, 0.2) is 11.4 Å². The summed E-state index contributed by atoms with van der Waals surface area (Å²) in [5.41, 5.74) is 8.04. The van der Waals surface area contributed by atoms with E-state index in [9.17, 15) is 32.3 Å². The number of hydrogen-bond donors (Lipinski definition) is 2. The Morgan fingerprint density at radius 1 is 0.831 bits per heavy atom. The maximum absolute atomic E-state index is 14.6. The lowest BCUT2D eigenvalue weighted by Crippen LogP contribution is -2.52. The molecule has 0 saturated carbocycles. The SMILES string of the molecule is NCCCC[C@H](CC(=O)[C@@H]1C[C@@H](OCc2ccc(C(F)(F)F)cc2)CN1C(=O)[C@@H](CCc1ccccc1)NC(=O)OCc1ccccc1)C(=O)c1nc2ccccc2o1. The zero-order chi connectivity index (χ0) is 41.8. The topological polar surface area (TPSA) is 154 Å². The van der Waals surface area contributed by atoms with Crippen LogP contribution in [0.15, 0.2) is 114 Å². The summed E-state index contributed by atoms with van der Waals surface area (Å²) >= 11 is 0. The van der Waals surface area contributed by atoms with Crippen molar-refractivity contribution in [2.24, 2.45) is 11.7 Å². The highest BCUT2D eigenvalue weighted by Crippen LogP contribution is 2.31. The van der Waals surface area contributed by atoms with Gasteiger partial charge in [-0.2, -0.15) is 13.2 Å². The standard InChI is InChI=1S/C45H47F3N4O7/c46-45(47,48)34-21-18-32(19-22-34)28-57-35-26-38(39(53)25-33(15-9-10-24-49)41(54)42-50-36-16-7-8-17-40(36)59-42)52(27-35)43(55)37(23-20-30-11-3-1-4-12-30)51-44(56)58-29-31-13-5-2-6-14-31/h1-8,11-14,16-19,21-22,33,35,37-38H,9-10,15,20,23-29,49H2,(H,51,56)/t33-,35-,37-,38+/m1/s1. The van der Waals surface area contributed by atoms with E-state index in [1.54, 1.807) is 36.4 Å². The summed E-state index contributed by atoms with van der Waals surface area (Å²) in [6.07, 6.45) is -4.09. The highest BCUT2D eigenvalue weighted by atomic mass is 19.4. The number of fused-ring (bicyclic) bond motifs is 1. The Balaban J connectivity index is 1.24. The molecule has 5 aromatic rings. The highest BCUT2D eigenvalue weighted by Gasteiger charge is 2.43.